The molecule has 0 aliphatic heterocycles. The van der Waals surface area contributed by atoms with Crippen molar-refractivity contribution in [3.05, 3.63) is 11.6 Å². The largest absolute Gasteiger partial charge is 0.330 e. The summed E-state index contributed by atoms with van der Waals surface area (Å²) in [7, 11) is 1.92. The van der Waals surface area contributed by atoms with Crippen molar-refractivity contribution >= 4 is 0 Å². The third-order valence-corrected chi connectivity index (χ3v) is 1.89. The predicted molar refractivity (Wildman–Crippen MR) is 47.7 cm³/mol. The quantitative estimate of drug-likeness (QED) is 0.704. The Bertz CT molecular complexity index is 254. The third-order valence-electron chi connectivity index (χ3n) is 1.89. The molecule has 1 rings (SSSR count). The molecule has 0 radical (unpaired) electrons. The van der Waals surface area contributed by atoms with Crippen LogP contribution in [0, 0.1) is 12.8 Å². The fourth-order valence-electron chi connectivity index (χ4n) is 1.13. The lowest BCUT2D eigenvalue weighted by Crippen LogP contribution is -2.15. The summed E-state index contributed by atoms with van der Waals surface area (Å²) in [5.41, 5.74) is 5.52. The first-order valence-corrected chi connectivity index (χ1v) is 4.20. The molecule has 1 aromatic heterocycles. The molecule has 1 unspecified atom stereocenters. The van der Waals surface area contributed by atoms with E-state index in [4.69, 9.17) is 5.73 Å². The van der Waals surface area contributed by atoms with Gasteiger partial charge in [0.2, 0.25) is 0 Å². The Hall–Kier alpha value is -0.900. The standard InChI is InChI=1S/C8H16N4/c1-6(5-9)4-8-10-7(2)11-12(8)3/h6H,4-5,9H2,1-3H3. The second-order valence-electron chi connectivity index (χ2n) is 3.24. The van der Waals surface area contributed by atoms with E-state index in [2.05, 4.69) is 17.0 Å². The molecule has 68 valence electrons. The van der Waals surface area contributed by atoms with Gasteiger partial charge in [0.05, 0.1) is 0 Å². The van der Waals surface area contributed by atoms with Gasteiger partial charge >= 0.3 is 0 Å². The van der Waals surface area contributed by atoms with Crippen LogP contribution in [0.25, 0.3) is 0 Å². The van der Waals surface area contributed by atoms with Gasteiger partial charge in [-0.1, -0.05) is 6.92 Å². The van der Waals surface area contributed by atoms with E-state index in [1.54, 1.807) is 0 Å². The van der Waals surface area contributed by atoms with E-state index in [0.29, 0.717) is 12.5 Å². The van der Waals surface area contributed by atoms with E-state index in [9.17, 15) is 0 Å². The molecular formula is C8H16N4. The molecule has 1 aromatic rings. The van der Waals surface area contributed by atoms with Crippen molar-refractivity contribution in [2.24, 2.45) is 18.7 Å². The average molecular weight is 168 g/mol. The SMILES string of the molecule is Cc1nc(CC(C)CN)n(C)n1. The fourth-order valence-corrected chi connectivity index (χ4v) is 1.13. The molecular weight excluding hydrogens is 152 g/mol. The summed E-state index contributed by atoms with van der Waals surface area (Å²) < 4.78 is 1.82. The molecule has 12 heavy (non-hydrogen) atoms. The third kappa shape index (κ3) is 2.04. The number of rotatable bonds is 3. The zero-order valence-electron chi connectivity index (χ0n) is 7.91. The summed E-state index contributed by atoms with van der Waals surface area (Å²) in [4.78, 5) is 4.29. The lowest BCUT2D eigenvalue weighted by atomic mass is 10.1. The van der Waals surface area contributed by atoms with Gasteiger partial charge in [0, 0.05) is 13.5 Å². The van der Waals surface area contributed by atoms with Crippen LogP contribution in [0.1, 0.15) is 18.6 Å². The minimum absolute atomic E-state index is 0.479. The maximum Gasteiger partial charge on any atom is 0.147 e. The first kappa shape index (κ1) is 9.19. The van der Waals surface area contributed by atoms with Gasteiger partial charge in [-0.15, -0.1) is 0 Å². The second kappa shape index (κ2) is 3.67. The van der Waals surface area contributed by atoms with Crippen LogP contribution >= 0.6 is 0 Å². The molecule has 0 aromatic carbocycles. The van der Waals surface area contributed by atoms with Crippen LogP contribution in [0.15, 0.2) is 0 Å². The minimum Gasteiger partial charge on any atom is -0.330 e. The first-order valence-electron chi connectivity index (χ1n) is 4.20. The topological polar surface area (TPSA) is 56.7 Å². The fraction of sp³-hybridized carbons (Fsp3) is 0.750. The Labute approximate surface area is 72.8 Å². The van der Waals surface area contributed by atoms with Crippen LogP contribution in [0.5, 0.6) is 0 Å². The molecule has 4 nitrogen and oxygen atoms in total. The molecule has 1 heterocycles. The van der Waals surface area contributed by atoms with Crippen LogP contribution in [0.4, 0.5) is 0 Å². The Morgan fingerprint density at radius 1 is 1.58 bits per heavy atom. The van der Waals surface area contributed by atoms with Gasteiger partial charge in [-0.25, -0.2) is 4.98 Å². The van der Waals surface area contributed by atoms with Gasteiger partial charge in [0.1, 0.15) is 11.6 Å². The highest BCUT2D eigenvalue weighted by molar-refractivity contribution is 4.91. The molecule has 4 heteroatoms. The zero-order valence-corrected chi connectivity index (χ0v) is 7.91. The Kier molecular flexibility index (Phi) is 2.81. The lowest BCUT2D eigenvalue weighted by molar-refractivity contribution is 0.549. The van der Waals surface area contributed by atoms with Crippen molar-refractivity contribution in [1.29, 1.82) is 0 Å². The maximum absolute atomic E-state index is 5.52. The summed E-state index contributed by atoms with van der Waals surface area (Å²) in [6.45, 7) is 4.71. The Morgan fingerprint density at radius 2 is 2.25 bits per heavy atom. The van der Waals surface area contributed by atoms with Crippen LogP contribution in [0.2, 0.25) is 0 Å². The van der Waals surface area contributed by atoms with Crippen LogP contribution in [-0.4, -0.2) is 21.3 Å². The molecule has 0 aliphatic rings. The highest BCUT2D eigenvalue weighted by atomic mass is 15.3. The molecule has 0 aliphatic carbocycles. The molecule has 2 N–H and O–H groups in total. The highest BCUT2D eigenvalue weighted by Crippen LogP contribution is 2.03. The average Bonchev–Trinajstić information content (AvgIpc) is 2.30. The second-order valence-corrected chi connectivity index (χ2v) is 3.24. The first-order chi connectivity index (χ1) is 5.63. The van der Waals surface area contributed by atoms with Crippen molar-refractivity contribution in [1.82, 2.24) is 14.8 Å². The normalized spacial score (nSPS) is 13.3. The van der Waals surface area contributed by atoms with Gasteiger partial charge < -0.3 is 5.73 Å². The molecule has 0 fully saturated rings. The summed E-state index contributed by atoms with van der Waals surface area (Å²) in [6, 6.07) is 0. The number of nitrogens with two attached hydrogens (primary N) is 1. The van der Waals surface area contributed by atoms with E-state index in [1.807, 2.05) is 18.7 Å². The summed E-state index contributed by atoms with van der Waals surface area (Å²) >= 11 is 0. The van der Waals surface area contributed by atoms with E-state index in [1.165, 1.54) is 0 Å². The monoisotopic (exact) mass is 168 g/mol. The number of aromatic nitrogens is 3. The molecule has 0 saturated carbocycles. The Morgan fingerprint density at radius 3 is 2.67 bits per heavy atom. The lowest BCUT2D eigenvalue weighted by Gasteiger charge is -2.05. The smallest absolute Gasteiger partial charge is 0.147 e. The van der Waals surface area contributed by atoms with Crippen molar-refractivity contribution < 1.29 is 0 Å². The van der Waals surface area contributed by atoms with Crippen molar-refractivity contribution in [2.45, 2.75) is 20.3 Å². The van der Waals surface area contributed by atoms with Gasteiger partial charge in [-0.3, -0.25) is 4.68 Å². The van der Waals surface area contributed by atoms with E-state index in [-0.39, 0.29) is 0 Å². The van der Waals surface area contributed by atoms with Crippen LogP contribution in [-0.2, 0) is 13.5 Å². The maximum atomic E-state index is 5.52. The Balaban J connectivity index is 2.68. The number of nitrogens with zero attached hydrogens (tertiary/aromatic N) is 3. The van der Waals surface area contributed by atoms with Gasteiger partial charge in [-0.05, 0) is 19.4 Å². The zero-order chi connectivity index (χ0) is 9.14. The van der Waals surface area contributed by atoms with Crippen LogP contribution in [0.3, 0.4) is 0 Å². The summed E-state index contributed by atoms with van der Waals surface area (Å²) in [6.07, 6.45) is 0.911. The molecule has 0 amide bonds. The minimum atomic E-state index is 0.479. The molecule has 0 spiro atoms. The van der Waals surface area contributed by atoms with Gasteiger partial charge in [0.25, 0.3) is 0 Å². The van der Waals surface area contributed by atoms with Crippen molar-refractivity contribution in [3.8, 4) is 0 Å². The number of hydrogen-bond donors (Lipinski definition) is 1. The highest BCUT2D eigenvalue weighted by Gasteiger charge is 2.07. The van der Waals surface area contributed by atoms with E-state index >= 15 is 0 Å². The van der Waals surface area contributed by atoms with Gasteiger partial charge in [-0.2, -0.15) is 5.10 Å². The summed E-state index contributed by atoms with van der Waals surface area (Å²) in [5, 5.41) is 4.16. The number of aryl methyl sites for hydroxylation is 2. The summed E-state index contributed by atoms with van der Waals surface area (Å²) in [5.74, 6) is 2.33. The number of hydrogen-bond acceptors (Lipinski definition) is 3. The van der Waals surface area contributed by atoms with Gasteiger partial charge in [0.15, 0.2) is 0 Å². The van der Waals surface area contributed by atoms with Crippen LogP contribution < -0.4 is 5.73 Å². The van der Waals surface area contributed by atoms with E-state index < -0.39 is 0 Å². The van der Waals surface area contributed by atoms with E-state index in [0.717, 1.165) is 18.1 Å². The van der Waals surface area contributed by atoms with Crippen molar-refractivity contribution in [2.75, 3.05) is 6.54 Å². The van der Waals surface area contributed by atoms with Crippen molar-refractivity contribution in [3.63, 3.8) is 0 Å². The predicted octanol–water partition coefficient (Wildman–Crippen LogP) is 0.261. The molecule has 0 saturated heterocycles. The molecule has 0 bridgehead atoms. The molecule has 1 atom stereocenters.